The molecule has 0 aromatic heterocycles. The second-order valence-electron chi connectivity index (χ2n) is 2.68. The molecule has 0 aliphatic heterocycles. The fourth-order valence-electron chi connectivity index (χ4n) is 0.915. The summed E-state index contributed by atoms with van der Waals surface area (Å²) in [4.78, 5) is 10.6. The van der Waals surface area contributed by atoms with Crippen LogP contribution in [0.5, 0.6) is 5.75 Å². The largest absolute Gasteiger partial charge is 0.508 e. The van der Waals surface area contributed by atoms with Gasteiger partial charge in [-0.05, 0) is 18.2 Å². The molecule has 0 aliphatic rings. The Balaban J connectivity index is 2.75. The van der Waals surface area contributed by atoms with Gasteiger partial charge in [0.05, 0.1) is 0 Å². The molecule has 4 heteroatoms. The molecule has 0 radical (unpaired) electrons. The maximum Gasteiger partial charge on any atom is 0.217 e. The van der Waals surface area contributed by atoms with Crippen molar-refractivity contribution in [3.8, 4) is 5.75 Å². The first kappa shape index (κ1) is 10.1. The highest BCUT2D eigenvalue weighted by Crippen LogP contribution is 2.21. The first-order valence-electron chi connectivity index (χ1n) is 3.81. The minimum atomic E-state index is -0.112. The lowest BCUT2D eigenvalue weighted by atomic mass is 10.2. The third-order valence-electron chi connectivity index (χ3n) is 1.57. The molecule has 1 amide bonds. The molecule has 0 spiro atoms. The van der Waals surface area contributed by atoms with Gasteiger partial charge < -0.3 is 10.4 Å². The van der Waals surface area contributed by atoms with Gasteiger partial charge in [-0.3, -0.25) is 4.79 Å². The molecule has 1 rings (SSSR count). The lowest BCUT2D eigenvalue weighted by molar-refractivity contribution is -0.119. The lowest BCUT2D eigenvalue weighted by Crippen LogP contribution is -2.18. The van der Waals surface area contributed by atoms with Gasteiger partial charge in [-0.15, -0.1) is 0 Å². The van der Waals surface area contributed by atoms with Crippen LogP contribution in [0.15, 0.2) is 22.7 Å². The van der Waals surface area contributed by atoms with E-state index in [9.17, 15) is 9.90 Å². The summed E-state index contributed by atoms with van der Waals surface area (Å²) < 4.78 is 0.880. The molecular formula is C9H10BrNO2. The number of carbonyl (C=O) groups excluding carboxylic acids is 1. The average Bonchev–Trinajstić information content (AvgIpc) is 2.06. The maximum atomic E-state index is 10.6. The summed E-state index contributed by atoms with van der Waals surface area (Å²) in [5.41, 5.74) is 0.699. The first-order valence-corrected chi connectivity index (χ1v) is 4.60. The Morgan fingerprint density at radius 2 is 2.31 bits per heavy atom. The molecule has 0 atom stereocenters. The number of rotatable bonds is 2. The van der Waals surface area contributed by atoms with Crippen molar-refractivity contribution in [2.24, 2.45) is 0 Å². The molecule has 0 saturated carbocycles. The molecule has 13 heavy (non-hydrogen) atoms. The van der Waals surface area contributed by atoms with Gasteiger partial charge in [0.25, 0.3) is 0 Å². The van der Waals surface area contributed by atoms with Crippen LogP contribution in [0, 0.1) is 0 Å². The minimum absolute atomic E-state index is 0.112. The molecule has 1 aromatic carbocycles. The van der Waals surface area contributed by atoms with Crippen molar-refractivity contribution in [2.45, 2.75) is 13.5 Å². The van der Waals surface area contributed by atoms with Crippen LogP contribution in [0.25, 0.3) is 0 Å². The predicted octanol–water partition coefficient (Wildman–Crippen LogP) is 1.79. The summed E-state index contributed by atoms with van der Waals surface area (Å²) in [5.74, 6) is 0.0799. The smallest absolute Gasteiger partial charge is 0.217 e. The van der Waals surface area contributed by atoms with Crippen LogP contribution in [0.1, 0.15) is 12.5 Å². The fraction of sp³-hybridized carbons (Fsp3) is 0.222. The Hall–Kier alpha value is -1.03. The predicted molar refractivity (Wildman–Crippen MR) is 53.3 cm³/mol. The van der Waals surface area contributed by atoms with Crippen LogP contribution < -0.4 is 5.32 Å². The van der Waals surface area contributed by atoms with Crippen molar-refractivity contribution in [3.05, 3.63) is 28.2 Å². The fourth-order valence-corrected chi connectivity index (χ4v) is 1.32. The SMILES string of the molecule is CC(=O)NCc1cc(Br)ccc1O. The van der Waals surface area contributed by atoms with Crippen LogP contribution in [0.3, 0.4) is 0 Å². The number of nitrogens with one attached hydrogen (secondary N) is 1. The van der Waals surface area contributed by atoms with E-state index in [0.29, 0.717) is 12.1 Å². The van der Waals surface area contributed by atoms with Crippen molar-refractivity contribution < 1.29 is 9.90 Å². The van der Waals surface area contributed by atoms with Crippen molar-refractivity contribution in [1.82, 2.24) is 5.32 Å². The number of hydrogen-bond acceptors (Lipinski definition) is 2. The third-order valence-corrected chi connectivity index (χ3v) is 2.06. The highest BCUT2D eigenvalue weighted by Gasteiger charge is 2.01. The van der Waals surface area contributed by atoms with Crippen LogP contribution in [-0.4, -0.2) is 11.0 Å². The van der Waals surface area contributed by atoms with E-state index in [4.69, 9.17) is 0 Å². The number of aromatic hydroxyl groups is 1. The van der Waals surface area contributed by atoms with Crippen molar-refractivity contribution in [1.29, 1.82) is 0 Å². The molecule has 0 fully saturated rings. The summed E-state index contributed by atoms with van der Waals surface area (Å²) >= 11 is 3.28. The summed E-state index contributed by atoms with van der Waals surface area (Å²) in [6.07, 6.45) is 0. The quantitative estimate of drug-likeness (QED) is 0.833. The van der Waals surface area contributed by atoms with Crippen molar-refractivity contribution >= 4 is 21.8 Å². The van der Waals surface area contributed by atoms with Gasteiger partial charge in [0.1, 0.15) is 5.75 Å². The van der Waals surface area contributed by atoms with E-state index < -0.39 is 0 Å². The number of phenolic OH excluding ortho intramolecular Hbond substituents is 1. The van der Waals surface area contributed by atoms with Gasteiger partial charge >= 0.3 is 0 Å². The Bertz CT molecular complexity index is 325. The number of amides is 1. The van der Waals surface area contributed by atoms with Gasteiger partial charge in [-0.1, -0.05) is 15.9 Å². The number of halogens is 1. The van der Waals surface area contributed by atoms with Crippen LogP contribution in [-0.2, 0) is 11.3 Å². The second kappa shape index (κ2) is 4.28. The highest BCUT2D eigenvalue weighted by molar-refractivity contribution is 9.10. The van der Waals surface area contributed by atoms with Crippen LogP contribution >= 0.6 is 15.9 Å². The van der Waals surface area contributed by atoms with E-state index in [1.54, 1.807) is 18.2 Å². The maximum absolute atomic E-state index is 10.6. The van der Waals surface area contributed by atoms with E-state index >= 15 is 0 Å². The molecule has 0 bridgehead atoms. The summed E-state index contributed by atoms with van der Waals surface area (Å²) in [7, 11) is 0. The second-order valence-corrected chi connectivity index (χ2v) is 3.60. The molecule has 0 unspecified atom stereocenters. The Morgan fingerprint density at radius 3 is 2.92 bits per heavy atom. The van der Waals surface area contributed by atoms with Crippen molar-refractivity contribution in [2.75, 3.05) is 0 Å². The number of benzene rings is 1. The van der Waals surface area contributed by atoms with E-state index in [0.717, 1.165) is 4.47 Å². The molecule has 1 aromatic rings. The number of carbonyl (C=O) groups is 1. The Morgan fingerprint density at radius 1 is 1.62 bits per heavy atom. The zero-order chi connectivity index (χ0) is 9.84. The standard InChI is InChI=1S/C9H10BrNO2/c1-6(12)11-5-7-4-8(10)2-3-9(7)13/h2-4,13H,5H2,1H3,(H,11,12). The van der Waals surface area contributed by atoms with Gasteiger partial charge in [-0.25, -0.2) is 0 Å². The lowest BCUT2D eigenvalue weighted by Gasteiger charge is -2.05. The molecule has 0 saturated heterocycles. The summed E-state index contributed by atoms with van der Waals surface area (Å²) in [6.45, 7) is 1.79. The highest BCUT2D eigenvalue weighted by atomic mass is 79.9. The molecule has 70 valence electrons. The summed E-state index contributed by atoms with van der Waals surface area (Å²) in [6, 6.07) is 5.10. The molecule has 0 aliphatic carbocycles. The van der Waals surface area contributed by atoms with Gasteiger partial charge in [0.2, 0.25) is 5.91 Å². The Kier molecular flexibility index (Phi) is 3.31. The molecule has 3 nitrogen and oxygen atoms in total. The third kappa shape index (κ3) is 3.06. The van der Waals surface area contributed by atoms with E-state index in [1.165, 1.54) is 6.92 Å². The average molecular weight is 244 g/mol. The van der Waals surface area contributed by atoms with Gasteiger partial charge in [0.15, 0.2) is 0 Å². The topological polar surface area (TPSA) is 49.3 Å². The minimum Gasteiger partial charge on any atom is -0.508 e. The van der Waals surface area contributed by atoms with Crippen LogP contribution in [0.2, 0.25) is 0 Å². The van der Waals surface area contributed by atoms with E-state index in [2.05, 4.69) is 21.2 Å². The van der Waals surface area contributed by atoms with Gasteiger partial charge in [-0.2, -0.15) is 0 Å². The van der Waals surface area contributed by atoms with Crippen molar-refractivity contribution in [3.63, 3.8) is 0 Å². The number of hydrogen-bond donors (Lipinski definition) is 2. The number of phenols is 1. The van der Waals surface area contributed by atoms with E-state index in [1.807, 2.05) is 0 Å². The monoisotopic (exact) mass is 243 g/mol. The van der Waals surface area contributed by atoms with Gasteiger partial charge in [0, 0.05) is 23.5 Å². The summed E-state index contributed by atoms with van der Waals surface area (Å²) in [5, 5.41) is 12.0. The zero-order valence-electron chi connectivity index (χ0n) is 7.17. The normalized spacial score (nSPS) is 9.69. The molecule has 0 heterocycles. The van der Waals surface area contributed by atoms with Crippen LogP contribution in [0.4, 0.5) is 0 Å². The zero-order valence-corrected chi connectivity index (χ0v) is 8.76. The van der Waals surface area contributed by atoms with E-state index in [-0.39, 0.29) is 11.7 Å². The first-order chi connectivity index (χ1) is 6.09. The molecular weight excluding hydrogens is 234 g/mol. The Labute approximate surface area is 84.9 Å². The molecule has 2 N–H and O–H groups in total.